The lowest BCUT2D eigenvalue weighted by Gasteiger charge is -2.12. The highest BCUT2D eigenvalue weighted by molar-refractivity contribution is 6.11. The van der Waals surface area contributed by atoms with Crippen molar-refractivity contribution in [2.45, 2.75) is 58.3 Å². The van der Waals surface area contributed by atoms with Gasteiger partial charge in [-0.3, -0.25) is 0 Å². The Morgan fingerprint density at radius 3 is 2.96 bits per heavy atom. The van der Waals surface area contributed by atoms with Crippen LogP contribution >= 0.6 is 0 Å². The first-order valence-electron chi connectivity index (χ1n) is 10.3. The molecular formula is C23H29N3O. The van der Waals surface area contributed by atoms with Gasteiger partial charge in [-0.25, -0.2) is 4.99 Å². The van der Waals surface area contributed by atoms with E-state index in [-0.39, 0.29) is 0 Å². The van der Waals surface area contributed by atoms with Crippen molar-refractivity contribution in [2.75, 3.05) is 6.61 Å². The van der Waals surface area contributed by atoms with Crippen LogP contribution < -0.4 is 0 Å². The summed E-state index contributed by atoms with van der Waals surface area (Å²) in [4.78, 5) is 11.7. The molecule has 0 saturated heterocycles. The van der Waals surface area contributed by atoms with Crippen LogP contribution in [-0.2, 0) is 11.2 Å². The molecule has 0 aromatic carbocycles. The van der Waals surface area contributed by atoms with Gasteiger partial charge in [0.15, 0.2) is 0 Å². The molecule has 2 bridgehead atoms. The van der Waals surface area contributed by atoms with Crippen LogP contribution in [0.25, 0.3) is 6.08 Å². The third-order valence-electron chi connectivity index (χ3n) is 5.52. The standard InChI is InChI=1S/C23H29N3O/c1-3-27-23-15-21(19-11-8-12-24-19)26-22(23)14-20-18-13-17(25-20)10-7-5-4-6-9-16(18)2/h8,11-16,24-25H,3-7,9-10H2,1-2H3. The molecule has 0 spiro atoms. The number of hydrogen-bond acceptors (Lipinski definition) is 2. The summed E-state index contributed by atoms with van der Waals surface area (Å²) in [5, 5.41) is 0. The molecule has 27 heavy (non-hydrogen) atoms. The van der Waals surface area contributed by atoms with Gasteiger partial charge < -0.3 is 14.7 Å². The average Bonchev–Trinajstić information content (AvgIpc) is 3.39. The van der Waals surface area contributed by atoms with Crippen LogP contribution in [0.5, 0.6) is 0 Å². The van der Waals surface area contributed by atoms with Crippen LogP contribution in [0.4, 0.5) is 0 Å². The second-order valence-corrected chi connectivity index (χ2v) is 7.57. The lowest BCUT2D eigenvalue weighted by atomic mass is 9.93. The van der Waals surface area contributed by atoms with Gasteiger partial charge in [-0.2, -0.15) is 0 Å². The summed E-state index contributed by atoms with van der Waals surface area (Å²) >= 11 is 0. The molecule has 2 aromatic rings. The Morgan fingerprint density at radius 2 is 2.15 bits per heavy atom. The van der Waals surface area contributed by atoms with E-state index in [9.17, 15) is 0 Å². The van der Waals surface area contributed by atoms with Crippen LogP contribution in [0.15, 0.2) is 46.9 Å². The second-order valence-electron chi connectivity index (χ2n) is 7.57. The molecule has 2 aliphatic rings. The Bertz CT molecular complexity index is 868. The molecule has 4 heteroatoms. The number of aliphatic imine (C=N–C) groups is 1. The van der Waals surface area contributed by atoms with E-state index in [0.29, 0.717) is 12.5 Å². The first-order chi connectivity index (χ1) is 13.2. The fourth-order valence-corrected chi connectivity index (χ4v) is 4.04. The highest BCUT2D eigenvalue weighted by Gasteiger charge is 2.20. The molecule has 1 unspecified atom stereocenters. The number of aromatic amines is 2. The molecular weight excluding hydrogens is 334 g/mol. The summed E-state index contributed by atoms with van der Waals surface area (Å²) in [6.45, 7) is 4.99. The quantitative estimate of drug-likeness (QED) is 0.717. The van der Waals surface area contributed by atoms with Crippen molar-refractivity contribution in [3.8, 4) is 0 Å². The van der Waals surface area contributed by atoms with Gasteiger partial charge in [0.1, 0.15) is 11.5 Å². The van der Waals surface area contributed by atoms with Gasteiger partial charge in [0, 0.05) is 23.7 Å². The van der Waals surface area contributed by atoms with Gasteiger partial charge in [0.25, 0.3) is 0 Å². The molecule has 1 aliphatic carbocycles. The van der Waals surface area contributed by atoms with E-state index in [0.717, 1.165) is 29.3 Å². The molecule has 1 atom stereocenters. The van der Waals surface area contributed by atoms with Gasteiger partial charge in [-0.1, -0.05) is 26.2 Å². The lowest BCUT2D eigenvalue weighted by Crippen LogP contribution is -1.96. The molecule has 2 N–H and O–H groups in total. The summed E-state index contributed by atoms with van der Waals surface area (Å²) in [5.74, 6) is 1.41. The van der Waals surface area contributed by atoms with Crippen molar-refractivity contribution >= 4 is 11.8 Å². The number of ether oxygens (including phenoxy) is 1. The zero-order valence-corrected chi connectivity index (χ0v) is 16.3. The zero-order chi connectivity index (χ0) is 18.6. The topological polar surface area (TPSA) is 53.2 Å². The summed E-state index contributed by atoms with van der Waals surface area (Å²) in [5.41, 5.74) is 6.80. The van der Waals surface area contributed by atoms with Gasteiger partial charge >= 0.3 is 0 Å². The number of rotatable bonds is 4. The molecule has 0 amide bonds. The van der Waals surface area contributed by atoms with E-state index in [1.807, 2.05) is 31.3 Å². The first kappa shape index (κ1) is 17.9. The summed E-state index contributed by atoms with van der Waals surface area (Å²) in [6, 6.07) is 6.40. The molecule has 2 aromatic heterocycles. The Morgan fingerprint density at radius 1 is 1.26 bits per heavy atom. The number of hydrogen-bond donors (Lipinski definition) is 2. The van der Waals surface area contributed by atoms with Crippen LogP contribution in [-0.4, -0.2) is 22.3 Å². The van der Waals surface area contributed by atoms with Crippen molar-refractivity contribution in [3.05, 3.63) is 64.6 Å². The van der Waals surface area contributed by atoms with Crippen LogP contribution in [0, 0.1) is 0 Å². The predicted octanol–water partition coefficient (Wildman–Crippen LogP) is 5.72. The molecule has 4 nitrogen and oxygen atoms in total. The first-order valence-corrected chi connectivity index (χ1v) is 10.3. The summed E-state index contributed by atoms with van der Waals surface area (Å²) in [6.07, 6.45) is 13.8. The highest BCUT2D eigenvalue weighted by Crippen LogP contribution is 2.32. The minimum absolute atomic E-state index is 0.563. The molecule has 0 radical (unpaired) electrons. The van der Waals surface area contributed by atoms with Gasteiger partial charge in [-0.05, 0) is 61.9 Å². The summed E-state index contributed by atoms with van der Waals surface area (Å²) < 4.78 is 5.88. The molecule has 4 rings (SSSR count). The second kappa shape index (κ2) is 8.03. The number of H-pyrrole nitrogens is 2. The molecule has 0 saturated carbocycles. The normalized spacial score (nSPS) is 21.9. The zero-order valence-electron chi connectivity index (χ0n) is 16.3. The summed E-state index contributed by atoms with van der Waals surface area (Å²) in [7, 11) is 0. The SMILES string of the molecule is CCOC1=CC(c2ccc[nH]2)=NC1=Cc1[nH]c2cc1C(C)CCCCCC2. The molecule has 1 aliphatic heterocycles. The number of nitrogens with one attached hydrogen (secondary N) is 2. The number of aromatic nitrogens is 2. The number of nitrogens with zero attached hydrogens (tertiary/aromatic N) is 1. The van der Waals surface area contributed by atoms with Gasteiger partial charge in [0.2, 0.25) is 0 Å². The third-order valence-corrected chi connectivity index (χ3v) is 5.52. The fraction of sp³-hybridized carbons (Fsp3) is 0.435. The van der Waals surface area contributed by atoms with Gasteiger partial charge in [-0.15, -0.1) is 0 Å². The predicted molar refractivity (Wildman–Crippen MR) is 111 cm³/mol. The van der Waals surface area contributed by atoms with Crippen LogP contribution in [0.2, 0.25) is 0 Å². The average molecular weight is 364 g/mol. The maximum atomic E-state index is 5.88. The lowest BCUT2D eigenvalue weighted by molar-refractivity contribution is 0.239. The van der Waals surface area contributed by atoms with E-state index in [2.05, 4.69) is 29.0 Å². The Hall–Kier alpha value is -2.49. The smallest absolute Gasteiger partial charge is 0.147 e. The van der Waals surface area contributed by atoms with Crippen molar-refractivity contribution < 1.29 is 4.74 Å². The maximum absolute atomic E-state index is 5.88. The van der Waals surface area contributed by atoms with Crippen LogP contribution in [0.1, 0.15) is 74.5 Å². The minimum atomic E-state index is 0.563. The van der Waals surface area contributed by atoms with Crippen molar-refractivity contribution in [1.82, 2.24) is 9.97 Å². The number of allylic oxidation sites excluding steroid dienone is 1. The van der Waals surface area contributed by atoms with Crippen molar-refractivity contribution in [1.29, 1.82) is 0 Å². The highest BCUT2D eigenvalue weighted by atomic mass is 16.5. The Labute approximate surface area is 161 Å². The van der Waals surface area contributed by atoms with Crippen molar-refractivity contribution in [3.63, 3.8) is 0 Å². The fourth-order valence-electron chi connectivity index (χ4n) is 4.04. The van der Waals surface area contributed by atoms with E-state index in [4.69, 9.17) is 9.73 Å². The maximum Gasteiger partial charge on any atom is 0.147 e. The van der Waals surface area contributed by atoms with E-state index in [1.165, 1.54) is 49.1 Å². The van der Waals surface area contributed by atoms with E-state index < -0.39 is 0 Å². The molecule has 3 heterocycles. The van der Waals surface area contributed by atoms with E-state index in [1.54, 1.807) is 0 Å². The molecule has 142 valence electrons. The largest absolute Gasteiger partial charge is 0.492 e. The Kier molecular flexibility index (Phi) is 5.33. The Balaban J connectivity index is 1.71. The van der Waals surface area contributed by atoms with Gasteiger partial charge in [0.05, 0.1) is 18.0 Å². The third kappa shape index (κ3) is 3.95. The minimum Gasteiger partial charge on any atom is -0.492 e. The molecule has 0 fully saturated rings. The van der Waals surface area contributed by atoms with Crippen molar-refractivity contribution in [2.24, 2.45) is 4.99 Å². The van der Waals surface area contributed by atoms with E-state index >= 15 is 0 Å². The number of fused-ring (bicyclic) bond motifs is 2. The number of aryl methyl sites for hydroxylation is 1. The monoisotopic (exact) mass is 363 g/mol. The van der Waals surface area contributed by atoms with Crippen LogP contribution in [0.3, 0.4) is 0 Å².